The lowest BCUT2D eigenvalue weighted by atomic mass is 9.92. The summed E-state index contributed by atoms with van der Waals surface area (Å²) in [4.78, 5) is 11.4. The van der Waals surface area contributed by atoms with E-state index in [1.165, 1.54) is 0 Å². The van der Waals surface area contributed by atoms with Crippen molar-refractivity contribution in [3.8, 4) is 0 Å². The van der Waals surface area contributed by atoms with Gasteiger partial charge in [-0.3, -0.25) is 4.79 Å². The molecule has 20 heavy (non-hydrogen) atoms. The molecule has 0 unspecified atom stereocenters. The third-order valence-electron chi connectivity index (χ3n) is 3.27. The molecule has 0 atom stereocenters. The molecule has 2 rings (SSSR count). The number of nitrogens with zero attached hydrogens (tertiary/aromatic N) is 4. The fraction of sp³-hybridized carbons (Fsp3) is 0.538. The summed E-state index contributed by atoms with van der Waals surface area (Å²) in [6, 6.07) is 1.94. The first-order chi connectivity index (χ1) is 9.31. The maximum atomic E-state index is 11.4. The molecular weight excluding hydrogens is 256 g/mol. The lowest BCUT2D eigenvalue weighted by Crippen LogP contribution is -2.37. The molecule has 0 aromatic carbocycles. The maximum absolute atomic E-state index is 11.4. The Bertz CT molecular complexity index is 631. The Hall–Kier alpha value is -2.18. The van der Waals surface area contributed by atoms with Gasteiger partial charge >= 0.3 is 0 Å². The van der Waals surface area contributed by atoms with Crippen LogP contribution in [0, 0.1) is 5.41 Å². The van der Waals surface area contributed by atoms with Crippen LogP contribution in [-0.4, -0.2) is 32.3 Å². The highest BCUT2D eigenvalue weighted by molar-refractivity contribution is 5.81. The van der Waals surface area contributed by atoms with Crippen LogP contribution >= 0.6 is 0 Å². The number of hydrogen-bond acceptors (Lipinski definition) is 5. The van der Waals surface area contributed by atoms with E-state index in [1.54, 1.807) is 24.7 Å². The number of anilines is 1. The summed E-state index contributed by atoms with van der Waals surface area (Å²) in [7, 11) is 0. The van der Waals surface area contributed by atoms with Crippen molar-refractivity contribution in [1.82, 2.24) is 19.8 Å². The van der Waals surface area contributed by atoms with Gasteiger partial charge in [0.2, 0.25) is 11.6 Å². The number of nitrogens with two attached hydrogens (primary N) is 1. The number of carbonyl (C=O) groups is 1. The highest BCUT2D eigenvalue weighted by atomic mass is 16.1. The summed E-state index contributed by atoms with van der Waals surface area (Å²) in [6.07, 6.45) is 1.56. The molecule has 0 aliphatic carbocycles. The molecule has 0 fully saturated rings. The number of hydrogen-bond donors (Lipinski definition) is 2. The van der Waals surface area contributed by atoms with Crippen molar-refractivity contribution in [1.29, 1.82) is 0 Å². The summed E-state index contributed by atoms with van der Waals surface area (Å²) < 4.78 is 1.63. The van der Waals surface area contributed by atoms with E-state index < -0.39 is 5.41 Å². The number of carbonyl (C=O) groups excluding carboxylic acids is 1. The zero-order chi connectivity index (χ0) is 14.9. The van der Waals surface area contributed by atoms with E-state index >= 15 is 0 Å². The van der Waals surface area contributed by atoms with Gasteiger partial charge in [0.05, 0.1) is 16.8 Å². The Balaban J connectivity index is 2.33. The standard InChI is InChI=1S/C13H20N6O/c1-8(2)9-5-10(11-17-16-7-19(11)18-9)15-6-13(3,4)12(14)20/h5,7-8,15H,6H2,1-4H3,(H2,14,20). The van der Waals surface area contributed by atoms with Crippen LogP contribution in [0.5, 0.6) is 0 Å². The number of fused-ring (bicyclic) bond motifs is 1. The van der Waals surface area contributed by atoms with Crippen molar-refractivity contribution < 1.29 is 4.79 Å². The summed E-state index contributed by atoms with van der Waals surface area (Å²) in [5.74, 6) is -0.0628. The second-order valence-corrected chi connectivity index (χ2v) is 5.84. The monoisotopic (exact) mass is 276 g/mol. The minimum absolute atomic E-state index is 0.284. The fourth-order valence-corrected chi connectivity index (χ4v) is 1.66. The molecule has 7 heteroatoms. The number of nitrogens with one attached hydrogen (secondary N) is 1. The fourth-order valence-electron chi connectivity index (χ4n) is 1.66. The van der Waals surface area contributed by atoms with Crippen molar-refractivity contribution in [2.24, 2.45) is 11.1 Å². The third kappa shape index (κ3) is 2.71. The van der Waals surface area contributed by atoms with Crippen LogP contribution in [0.4, 0.5) is 5.69 Å². The molecular formula is C13H20N6O. The van der Waals surface area contributed by atoms with Crippen molar-refractivity contribution in [3.05, 3.63) is 18.1 Å². The molecule has 0 aliphatic heterocycles. The van der Waals surface area contributed by atoms with Gasteiger partial charge in [-0.2, -0.15) is 9.61 Å². The first kappa shape index (κ1) is 14.2. The van der Waals surface area contributed by atoms with E-state index in [4.69, 9.17) is 5.73 Å². The lowest BCUT2D eigenvalue weighted by Gasteiger charge is -2.21. The second kappa shape index (κ2) is 5.07. The van der Waals surface area contributed by atoms with E-state index in [0.29, 0.717) is 12.2 Å². The van der Waals surface area contributed by atoms with Gasteiger partial charge in [-0.15, -0.1) is 10.2 Å². The Morgan fingerprint density at radius 2 is 2.20 bits per heavy atom. The first-order valence-corrected chi connectivity index (χ1v) is 6.56. The Morgan fingerprint density at radius 1 is 1.50 bits per heavy atom. The Labute approximate surface area is 117 Å². The molecule has 2 aromatic rings. The van der Waals surface area contributed by atoms with Crippen LogP contribution in [0.1, 0.15) is 39.3 Å². The molecule has 2 heterocycles. The smallest absolute Gasteiger partial charge is 0.224 e. The molecule has 0 saturated carbocycles. The predicted octanol–water partition coefficient (Wildman–Crippen LogP) is 1.17. The number of amides is 1. The molecule has 1 amide bonds. The van der Waals surface area contributed by atoms with Crippen LogP contribution in [-0.2, 0) is 4.79 Å². The second-order valence-electron chi connectivity index (χ2n) is 5.84. The molecule has 0 saturated heterocycles. The highest BCUT2D eigenvalue weighted by Crippen LogP contribution is 2.22. The zero-order valence-corrected chi connectivity index (χ0v) is 12.2. The van der Waals surface area contributed by atoms with E-state index in [-0.39, 0.29) is 11.8 Å². The quantitative estimate of drug-likeness (QED) is 0.854. The molecule has 0 aliphatic rings. The molecule has 0 radical (unpaired) electrons. The summed E-state index contributed by atoms with van der Waals surface area (Å²) in [5, 5.41) is 15.6. The van der Waals surface area contributed by atoms with Crippen LogP contribution < -0.4 is 11.1 Å². The highest BCUT2D eigenvalue weighted by Gasteiger charge is 2.25. The summed E-state index contributed by atoms with van der Waals surface area (Å²) >= 11 is 0. The van der Waals surface area contributed by atoms with Crippen molar-refractivity contribution in [2.75, 3.05) is 11.9 Å². The van der Waals surface area contributed by atoms with Crippen molar-refractivity contribution >= 4 is 17.2 Å². The normalized spacial score (nSPS) is 12.1. The Kier molecular flexibility index (Phi) is 3.61. The van der Waals surface area contributed by atoms with E-state index in [1.807, 2.05) is 6.07 Å². The van der Waals surface area contributed by atoms with Gasteiger partial charge in [0, 0.05) is 6.54 Å². The average molecular weight is 276 g/mol. The SMILES string of the molecule is CC(C)c1cc(NCC(C)(C)C(N)=O)c2nncn2n1. The molecule has 108 valence electrons. The zero-order valence-electron chi connectivity index (χ0n) is 12.2. The first-order valence-electron chi connectivity index (χ1n) is 6.56. The van der Waals surface area contributed by atoms with E-state index in [0.717, 1.165) is 11.4 Å². The molecule has 7 nitrogen and oxygen atoms in total. The molecule has 0 bridgehead atoms. The minimum atomic E-state index is -0.641. The van der Waals surface area contributed by atoms with Crippen molar-refractivity contribution in [2.45, 2.75) is 33.6 Å². The van der Waals surface area contributed by atoms with Crippen LogP contribution in [0.15, 0.2) is 12.4 Å². The van der Waals surface area contributed by atoms with Crippen LogP contribution in [0.3, 0.4) is 0 Å². The number of primary amides is 1. The minimum Gasteiger partial charge on any atom is -0.381 e. The van der Waals surface area contributed by atoms with E-state index in [2.05, 4.69) is 34.5 Å². The third-order valence-corrected chi connectivity index (χ3v) is 3.27. The lowest BCUT2D eigenvalue weighted by molar-refractivity contribution is -0.125. The van der Waals surface area contributed by atoms with Gasteiger partial charge in [0.1, 0.15) is 6.33 Å². The topological polar surface area (TPSA) is 98.2 Å². The maximum Gasteiger partial charge on any atom is 0.224 e. The number of aromatic nitrogens is 4. The summed E-state index contributed by atoms with van der Waals surface area (Å²) in [6.45, 7) is 8.15. The average Bonchev–Trinajstić information content (AvgIpc) is 2.83. The Morgan fingerprint density at radius 3 is 2.80 bits per heavy atom. The predicted molar refractivity (Wildman–Crippen MR) is 76.3 cm³/mol. The van der Waals surface area contributed by atoms with Gasteiger partial charge in [-0.05, 0) is 25.8 Å². The van der Waals surface area contributed by atoms with Gasteiger partial charge in [-0.1, -0.05) is 13.8 Å². The molecule has 0 spiro atoms. The van der Waals surface area contributed by atoms with Crippen LogP contribution in [0.25, 0.3) is 5.65 Å². The van der Waals surface area contributed by atoms with Gasteiger partial charge in [-0.25, -0.2) is 0 Å². The summed E-state index contributed by atoms with van der Waals surface area (Å²) in [5.41, 5.74) is 7.10. The molecule has 2 aromatic heterocycles. The van der Waals surface area contributed by atoms with Crippen LogP contribution in [0.2, 0.25) is 0 Å². The van der Waals surface area contributed by atoms with Gasteiger partial charge in [0.15, 0.2) is 0 Å². The largest absolute Gasteiger partial charge is 0.381 e. The number of rotatable bonds is 5. The van der Waals surface area contributed by atoms with E-state index in [9.17, 15) is 4.79 Å². The van der Waals surface area contributed by atoms with Gasteiger partial charge < -0.3 is 11.1 Å². The molecule has 3 N–H and O–H groups in total. The van der Waals surface area contributed by atoms with Crippen molar-refractivity contribution in [3.63, 3.8) is 0 Å². The van der Waals surface area contributed by atoms with Gasteiger partial charge in [0.25, 0.3) is 0 Å².